The normalized spacial score (nSPS) is 9.89. The maximum Gasteiger partial charge on any atom is 0.271 e. The summed E-state index contributed by atoms with van der Waals surface area (Å²) < 4.78 is 1.20. The minimum absolute atomic E-state index is 0.185. The average molecular weight is 255 g/mol. The smallest absolute Gasteiger partial charge is 0.271 e. The Morgan fingerprint density at radius 3 is 2.68 bits per heavy atom. The highest BCUT2D eigenvalue weighted by atomic mass is 16.2. The van der Waals surface area contributed by atoms with Gasteiger partial charge in [0.2, 0.25) is 0 Å². The number of carbonyl (C=O) groups is 1. The van der Waals surface area contributed by atoms with Crippen molar-refractivity contribution in [3.63, 3.8) is 0 Å². The zero-order chi connectivity index (χ0) is 13.7. The van der Waals surface area contributed by atoms with E-state index in [0.717, 1.165) is 0 Å². The highest BCUT2D eigenvalue weighted by molar-refractivity contribution is 5.92. The Bertz CT molecular complexity index is 647. The number of nitrogens with one attached hydrogen (secondary N) is 1. The third-order valence-electron chi connectivity index (χ3n) is 2.44. The molecule has 0 saturated heterocycles. The first-order chi connectivity index (χ1) is 9.22. The van der Waals surface area contributed by atoms with Crippen LogP contribution in [0.1, 0.15) is 10.5 Å². The molecular weight excluding hydrogens is 242 g/mol. The molecule has 1 N–H and O–H groups in total. The zero-order valence-corrected chi connectivity index (χ0v) is 10.2. The molecule has 0 fully saturated rings. The second-order valence-corrected chi connectivity index (χ2v) is 3.80. The Balaban J connectivity index is 2.38. The molecule has 2 rings (SSSR count). The summed E-state index contributed by atoms with van der Waals surface area (Å²) in [6.45, 7) is 3.87. The summed E-state index contributed by atoms with van der Waals surface area (Å²) in [6, 6.07) is 11.7. The van der Waals surface area contributed by atoms with Crippen LogP contribution in [0.25, 0.3) is 5.69 Å². The average Bonchev–Trinajstić information content (AvgIpc) is 2.46. The molecule has 0 bridgehead atoms. The Morgan fingerprint density at radius 2 is 2.00 bits per heavy atom. The van der Waals surface area contributed by atoms with E-state index in [0.29, 0.717) is 12.2 Å². The fourth-order valence-electron chi connectivity index (χ4n) is 1.54. The van der Waals surface area contributed by atoms with Gasteiger partial charge in [-0.1, -0.05) is 24.3 Å². The molecule has 19 heavy (non-hydrogen) atoms. The topological polar surface area (TPSA) is 64.0 Å². The number of para-hydroxylation sites is 1. The van der Waals surface area contributed by atoms with Crippen LogP contribution in [0.15, 0.2) is 59.9 Å². The van der Waals surface area contributed by atoms with E-state index in [-0.39, 0.29) is 17.2 Å². The Labute approximate surface area is 110 Å². The monoisotopic (exact) mass is 255 g/mol. The second kappa shape index (κ2) is 5.77. The molecule has 0 spiro atoms. The lowest BCUT2D eigenvalue weighted by Crippen LogP contribution is -2.28. The van der Waals surface area contributed by atoms with E-state index in [2.05, 4.69) is 17.0 Å². The molecule has 1 aromatic carbocycles. The van der Waals surface area contributed by atoms with Crippen molar-refractivity contribution in [1.82, 2.24) is 15.1 Å². The summed E-state index contributed by atoms with van der Waals surface area (Å²) in [7, 11) is 0. The highest BCUT2D eigenvalue weighted by Gasteiger charge is 2.09. The molecule has 0 radical (unpaired) electrons. The van der Waals surface area contributed by atoms with Crippen LogP contribution >= 0.6 is 0 Å². The summed E-state index contributed by atoms with van der Waals surface area (Å²) >= 11 is 0. The predicted molar refractivity (Wildman–Crippen MR) is 72.4 cm³/mol. The van der Waals surface area contributed by atoms with Crippen LogP contribution in [0.4, 0.5) is 0 Å². The molecule has 1 amide bonds. The number of rotatable bonds is 4. The number of carbonyl (C=O) groups excluding carboxylic acids is 1. The number of hydrogen-bond acceptors (Lipinski definition) is 3. The molecule has 0 atom stereocenters. The van der Waals surface area contributed by atoms with E-state index < -0.39 is 0 Å². The van der Waals surface area contributed by atoms with Crippen molar-refractivity contribution in [2.24, 2.45) is 0 Å². The number of benzene rings is 1. The Kier molecular flexibility index (Phi) is 3.87. The maximum atomic E-state index is 11.8. The van der Waals surface area contributed by atoms with Crippen molar-refractivity contribution >= 4 is 5.91 Å². The predicted octanol–water partition coefficient (Wildman–Crippen LogP) is 1.15. The summed E-state index contributed by atoms with van der Waals surface area (Å²) in [5, 5.41) is 6.67. The molecule has 0 saturated carbocycles. The van der Waals surface area contributed by atoms with Gasteiger partial charge < -0.3 is 5.32 Å². The third kappa shape index (κ3) is 2.95. The van der Waals surface area contributed by atoms with Crippen LogP contribution in [0, 0.1) is 0 Å². The summed E-state index contributed by atoms with van der Waals surface area (Å²) in [4.78, 5) is 23.5. The van der Waals surface area contributed by atoms with E-state index in [1.807, 2.05) is 6.07 Å². The van der Waals surface area contributed by atoms with E-state index in [4.69, 9.17) is 0 Å². The molecular formula is C14H13N3O2. The first kappa shape index (κ1) is 12.8. The van der Waals surface area contributed by atoms with Crippen LogP contribution in [0.5, 0.6) is 0 Å². The van der Waals surface area contributed by atoms with Gasteiger partial charge in [0.1, 0.15) is 5.69 Å². The number of aromatic nitrogens is 2. The van der Waals surface area contributed by atoms with Crippen molar-refractivity contribution in [3.8, 4) is 5.69 Å². The first-order valence-corrected chi connectivity index (χ1v) is 5.77. The van der Waals surface area contributed by atoms with E-state index in [9.17, 15) is 9.59 Å². The molecule has 1 heterocycles. The second-order valence-electron chi connectivity index (χ2n) is 3.80. The standard InChI is InChI=1S/C14H13N3O2/c1-2-10-15-14(19)12-8-9-13(18)17(16-12)11-6-4-3-5-7-11/h2-9H,1,10H2,(H,15,19). The number of nitrogens with zero attached hydrogens (tertiary/aromatic N) is 2. The summed E-state index contributed by atoms with van der Waals surface area (Å²) in [6.07, 6.45) is 1.57. The Morgan fingerprint density at radius 1 is 1.26 bits per heavy atom. The molecule has 2 aromatic rings. The van der Waals surface area contributed by atoms with E-state index in [1.54, 1.807) is 30.3 Å². The SMILES string of the molecule is C=CCNC(=O)c1ccc(=O)n(-c2ccccc2)n1. The van der Waals surface area contributed by atoms with Crippen LogP contribution in [-0.4, -0.2) is 22.2 Å². The molecule has 0 aliphatic rings. The molecule has 1 aromatic heterocycles. The minimum Gasteiger partial charge on any atom is -0.347 e. The number of hydrogen-bond donors (Lipinski definition) is 1. The zero-order valence-electron chi connectivity index (χ0n) is 10.2. The van der Waals surface area contributed by atoms with Gasteiger partial charge in [-0.2, -0.15) is 9.78 Å². The van der Waals surface area contributed by atoms with Gasteiger partial charge in [-0.25, -0.2) is 0 Å². The summed E-state index contributed by atoms with van der Waals surface area (Å²) in [5.74, 6) is -0.343. The van der Waals surface area contributed by atoms with Gasteiger partial charge in [-0.3, -0.25) is 9.59 Å². The van der Waals surface area contributed by atoms with Gasteiger partial charge in [0, 0.05) is 12.6 Å². The van der Waals surface area contributed by atoms with Crippen molar-refractivity contribution in [2.45, 2.75) is 0 Å². The van der Waals surface area contributed by atoms with Gasteiger partial charge in [-0.15, -0.1) is 6.58 Å². The maximum absolute atomic E-state index is 11.8. The van der Waals surface area contributed by atoms with Crippen molar-refractivity contribution in [2.75, 3.05) is 6.54 Å². The third-order valence-corrected chi connectivity index (χ3v) is 2.44. The van der Waals surface area contributed by atoms with Gasteiger partial charge in [-0.05, 0) is 18.2 Å². The molecule has 5 heteroatoms. The lowest BCUT2D eigenvalue weighted by molar-refractivity contribution is 0.0951. The molecule has 0 unspecified atom stereocenters. The quantitative estimate of drug-likeness (QED) is 0.833. The molecule has 0 aliphatic carbocycles. The van der Waals surface area contributed by atoms with Crippen LogP contribution in [0.2, 0.25) is 0 Å². The highest BCUT2D eigenvalue weighted by Crippen LogP contribution is 2.02. The molecule has 0 aliphatic heterocycles. The Hall–Kier alpha value is -2.69. The lowest BCUT2D eigenvalue weighted by Gasteiger charge is -2.06. The van der Waals surface area contributed by atoms with Crippen LogP contribution < -0.4 is 10.9 Å². The van der Waals surface area contributed by atoms with Crippen LogP contribution in [0.3, 0.4) is 0 Å². The largest absolute Gasteiger partial charge is 0.347 e. The number of amides is 1. The van der Waals surface area contributed by atoms with E-state index >= 15 is 0 Å². The fourth-order valence-corrected chi connectivity index (χ4v) is 1.54. The van der Waals surface area contributed by atoms with Crippen molar-refractivity contribution < 1.29 is 4.79 Å². The summed E-state index contributed by atoms with van der Waals surface area (Å²) in [5.41, 5.74) is 0.516. The van der Waals surface area contributed by atoms with E-state index in [1.165, 1.54) is 16.8 Å². The van der Waals surface area contributed by atoms with Gasteiger partial charge in [0.15, 0.2) is 0 Å². The van der Waals surface area contributed by atoms with Gasteiger partial charge in [0.05, 0.1) is 5.69 Å². The molecule has 96 valence electrons. The van der Waals surface area contributed by atoms with Gasteiger partial charge >= 0.3 is 0 Å². The fraction of sp³-hybridized carbons (Fsp3) is 0.0714. The van der Waals surface area contributed by atoms with Crippen LogP contribution in [-0.2, 0) is 0 Å². The first-order valence-electron chi connectivity index (χ1n) is 5.77. The molecule has 5 nitrogen and oxygen atoms in total. The van der Waals surface area contributed by atoms with Gasteiger partial charge in [0.25, 0.3) is 11.5 Å². The van der Waals surface area contributed by atoms with Crippen molar-refractivity contribution in [3.05, 3.63) is 71.2 Å². The lowest BCUT2D eigenvalue weighted by atomic mass is 10.3. The minimum atomic E-state index is -0.343. The van der Waals surface area contributed by atoms with Crippen molar-refractivity contribution in [1.29, 1.82) is 0 Å².